The van der Waals surface area contributed by atoms with E-state index in [9.17, 15) is 0 Å². The highest BCUT2D eigenvalue weighted by atomic mass is 16.5. The molecule has 2 N–H and O–H groups in total. The standard InChI is InChI=1S/C14H19N5O2/c1-9-5-6-10(11(7-9)20-4)21-8-12-16-13(15)18-14(17-12)19(2)3/h5-7H,8H2,1-4H3,(H2,15,16,17,18). The van der Waals surface area contributed by atoms with Gasteiger partial charge in [0.05, 0.1) is 7.11 Å². The number of hydrogen-bond donors (Lipinski definition) is 1. The van der Waals surface area contributed by atoms with E-state index in [4.69, 9.17) is 15.2 Å². The molecular weight excluding hydrogens is 270 g/mol. The van der Waals surface area contributed by atoms with E-state index in [1.807, 2.05) is 39.2 Å². The highest BCUT2D eigenvalue weighted by Crippen LogP contribution is 2.28. The van der Waals surface area contributed by atoms with Crippen LogP contribution in [0.3, 0.4) is 0 Å². The molecule has 2 rings (SSSR count). The van der Waals surface area contributed by atoms with E-state index in [-0.39, 0.29) is 12.6 Å². The van der Waals surface area contributed by atoms with Crippen LogP contribution in [0.15, 0.2) is 18.2 Å². The van der Waals surface area contributed by atoms with E-state index in [0.717, 1.165) is 5.56 Å². The van der Waals surface area contributed by atoms with Crippen molar-refractivity contribution in [2.75, 3.05) is 31.8 Å². The second-order valence-corrected chi connectivity index (χ2v) is 4.75. The van der Waals surface area contributed by atoms with E-state index >= 15 is 0 Å². The summed E-state index contributed by atoms with van der Waals surface area (Å²) >= 11 is 0. The number of hydrogen-bond acceptors (Lipinski definition) is 7. The van der Waals surface area contributed by atoms with Crippen LogP contribution in [0.25, 0.3) is 0 Å². The van der Waals surface area contributed by atoms with Crippen LogP contribution >= 0.6 is 0 Å². The van der Waals surface area contributed by atoms with Gasteiger partial charge >= 0.3 is 0 Å². The van der Waals surface area contributed by atoms with Gasteiger partial charge in [0.1, 0.15) is 6.61 Å². The van der Waals surface area contributed by atoms with Crippen LogP contribution in [0.4, 0.5) is 11.9 Å². The second kappa shape index (κ2) is 6.25. The Balaban J connectivity index is 2.16. The Morgan fingerprint density at radius 1 is 1.14 bits per heavy atom. The van der Waals surface area contributed by atoms with Crippen LogP contribution in [0, 0.1) is 6.92 Å². The molecule has 0 atom stereocenters. The summed E-state index contributed by atoms with van der Waals surface area (Å²) in [5.74, 6) is 2.44. The molecule has 21 heavy (non-hydrogen) atoms. The van der Waals surface area contributed by atoms with Crippen molar-refractivity contribution in [3.8, 4) is 11.5 Å². The number of rotatable bonds is 5. The Morgan fingerprint density at radius 3 is 2.57 bits per heavy atom. The number of aryl methyl sites for hydroxylation is 1. The lowest BCUT2D eigenvalue weighted by Gasteiger charge is -2.13. The molecule has 1 aromatic carbocycles. The SMILES string of the molecule is COc1cc(C)ccc1OCc1nc(N)nc(N(C)C)n1. The van der Waals surface area contributed by atoms with Crippen molar-refractivity contribution in [1.29, 1.82) is 0 Å². The van der Waals surface area contributed by atoms with Gasteiger partial charge in [-0.25, -0.2) is 0 Å². The van der Waals surface area contributed by atoms with Crippen LogP contribution < -0.4 is 20.1 Å². The summed E-state index contributed by atoms with van der Waals surface area (Å²) in [6.45, 7) is 2.18. The number of nitrogens with two attached hydrogens (primary N) is 1. The number of nitrogen functional groups attached to an aromatic ring is 1. The fourth-order valence-electron chi connectivity index (χ4n) is 1.73. The van der Waals surface area contributed by atoms with Crippen molar-refractivity contribution in [3.05, 3.63) is 29.6 Å². The number of anilines is 2. The second-order valence-electron chi connectivity index (χ2n) is 4.75. The highest BCUT2D eigenvalue weighted by molar-refractivity contribution is 5.42. The van der Waals surface area contributed by atoms with Crippen LogP contribution in [-0.4, -0.2) is 36.2 Å². The van der Waals surface area contributed by atoms with Crippen molar-refractivity contribution in [2.24, 2.45) is 0 Å². The van der Waals surface area contributed by atoms with Gasteiger partial charge in [-0.15, -0.1) is 0 Å². The Labute approximate surface area is 123 Å². The Bertz CT molecular complexity index is 631. The zero-order chi connectivity index (χ0) is 15.4. The maximum Gasteiger partial charge on any atom is 0.230 e. The molecule has 1 aromatic heterocycles. The summed E-state index contributed by atoms with van der Waals surface area (Å²) in [6.07, 6.45) is 0. The third kappa shape index (κ3) is 3.71. The molecule has 0 fully saturated rings. The van der Waals surface area contributed by atoms with E-state index in [1.165, 1.54) is 0 Å². The predicted molar refractivity (Wildman–Crippen MR) is 80.6 cm³/mol. The van der Waals surface area contributed by atoms with Gasteiger partial charge in [0.15, 0.2) is 17.3 Å². The topological polar surface area (TPSA) is 86.4 Å². The van der Waals surface area contributed by atoms with E-state index < -0.39 is 0 Å². The first-order valence-electron chi connectivity index (χ1n) is 6.45. The molecule has 0 spiro atoms. The molecule has 0 bridgehead atoms. The van der Waals surface area contributed by atoms with Gasteiger partial charge in [0.25, 0.3) is 0 Å². The van der Waals surface area contributed by atoms with Crippen molar-refractivity contribution in [3.63, 3.8) is 0 Å². The molecule has 2 aromatic rings. The number of benzene rings is 1. The van der Waals surface area contributed by atoms with Crippen LogP contribution in [0.1, 0.15) is 11.4 Å². The van der Waals surface area contributed by atoms with Crippen molar-refractivity contribution >= 4 is 11.9 Å². The third-order valence-corrected chi connectivity index (χ3v) is 2.76. The average molecular weight is 289 g/mol. The zero-order valence-corrected chi connectivity index (χ0v) is 12.6. The van der Waals surface area contributed by atoms with Gasteiger partial charge in [0, 0.05) is 14.1 Å². The minimum Gasteiger partial charge on any atom is -0.493 e. The summed E-state index contributed by atoms with van der Waals surface area (Å²) in [5, 5.41) is 0. The Hall–Kier alpha value is -2.57. The van der Waals surface area contributed by atoms with Gasteiger partial charge in [-0.05, 0) is 24.6 Å². The highest BCUT2D eigenvalue weighted by Gasteiger charge is 2.09. The first-order valence-corrected chi connectivity index (χ1v) is 6.45. The predicted octanol–water partition coefficient (Wildman–Crippen LogP) is 1.42. The molecule has 0 unspecified atom stereocenters. The Morgan fingerprint density at radius 2 is 1.90 bits per heavy atom. The molecule has 0 saturated carbocycles. The lowest BCUT2D eigenvalue weighted by molar-refractivity contribution is 0.276. The Kier molecular flexibility index (Phi) is 4.42. The molecule has 0 amide bonds. The summed E-state index contributed by atoms with van der Waals surface area (Å²) in [5.41, 5.74) is 6.77. The smallest absolute Gasteiger partial charge is 0.230 e. The largest absolute Gasteiger partial charge is 0.493 e. The molecule has 0 aliphatic heterocycles. The van der Waals surface area contributed by atoms with Gasteiger partial charge in [-0.3, -0.25) is 0 Å². The maximum absolute atomic E-state index is 5.71. The number of methoxy groups -OCH3 is 1. The maximum atomic E-state index is 5.71. The summed E-state index contributed by atoms with van der Waals surface area (Å²) in [7, 11) is 5.28. The fourth-order valence-corrected chi connectivity index (χ4v) is 1.73. The van der Waals surface area contributed by atoms with Crippen LogP contribution in [-0.2, 0) is 6.61 Å². The lowest BCUT2D eigenvalue weighted by Crippen LogP contribution is -2.17. The van der Waals surface area contributed by atoms with Gasteiger partial charge < -0.3 is 20.1 Å². The summed E-state index contributed by atoms with van der Waals surface area (Å²) in [6, 6.07) is 5.71. The molecule has 0 saturated heterocycles. The molecule has 7 heteroatoms. The van der Waals surface area contributed by atoms with E-state index in [0.29, 0.717) is 23.3 Å². The number of aromatic nitrogens is 3. The zero-order valence-electron chi connectivity index (χ0n) is 12.6. The molecule has 0 aliphatic carbocycles. The molecule has 0 aliphatic rings. The van der Waals surface area contributed by atoms with Crippen molar-refractivity contribution in [2.45, 2.75) is 13.5 Å². The van der Waals surface area contributed by atoms with Crippen molar-refractivity contribution in [1.82, 2.24) is 15.0 Å². The van der Waals surface area contributed by atoms with Crippen molar-refractivity contribution < 1.29 is 9.47 Å². The molecular formula is C14H19N5O2. The molecule has 112 valence electrons. The quantitative estimate of drug-likeness (QED) is 0.890. The molecule has 1 heterocycles. The fraction of sp³-hybridized carbons (Fsp3) is 0.357. The number of nitrogens with zero attached hydrogens (tertiary/aromatic N) is 4. The first kappa shape index (κ1) is 14.8. The monoisotopic (exact) mass is 289 g/mol. The summed E-state index contributed by atoms with van der Waals surface area (Å²) in [4.78, 5) is 14.1. The molecule has 0 radical (unpaired) electrons. The lowest BCUT2D eigenvalue weighted by atomic mass is 10.2. The van der Waals surface area contributed by atoms with E-state index in [1.54, 1.807) is 12.0 Å². The minimum atomic E-state index is 0.170. The first-order chi connectivity index (χ1) is 9.99. The van der Waals surface area contributed by atoms with Gasteiger partial charge in [-0.1, -0.05) is 6.07 Å². The average Bonchev–Trinajstić information content (AvgIpc) is 2.45. The third-order valence-electron chi connectivity index (χ3n) is 2.76. The normalized spacial score (nSPS) is 10.3. The minimum absolute atomic E-state index is 0.170. The van der Waals surface area contributed by atoms with Gasteiger partial charge in [0.2, 0.25) is 11.9 Å². The van der Waals surface area contributed by atoms with Crippen LogP contribution in [0.5, 0.6) is 11.5 Å². The molecule has 7 nitrogen and oxygen atoms in total. The van der Waals surface area contributed by atoms with Gasteiger partial charge in [-0.2, -0.15) is 15.0 Å². The number of ether oxygens (including phenoxy) is 2. The van der Waals surface area contributed by atoms with E-state index in [2.05, 4.69) is 15.0 Å². The summed E-state index contributed by atoms with van der Waals surface area (Å²) < 4.78 is 11.0. The van der Waals surface area contributed by atoms with Crippen LogP contribution in [0.2, 0.25) is 0 Å².